The van der Waals surface area contributed by atoms with Crippen LogP contribution in [0.3, 0.4) is 0 Å². The molecular weight excluding hydrogens is 516 g/mol. The van der Waals surface area contributed by atoms with Crippen molar-refractivity contribution in [3.63, 3.8) is 0 Å². The summed E-state index contributed by atoms with van der Waals surface area (Å²) in [7, 11) is 1.21. The average Bonchev–Trinajstić information content (AvgIpc) is 2.93. The fraction of sp³-hybridized carbons (Fsp3) is 0.172. The van der Waals surface area contributed by atoms with Crippen molar-refractivity contribution in [1.29, 1.82) is 5.26 Å². The summed E-state index contributed by atoms with van der Waals surface area (Å²) < 4.78 is 10.7. The summed E-state index contributed by atoms with van der Waals surface area (Å²) in [6.07, 6.45) is 0. The van der Waals surface area contributed by atoms with Crippen LogP contribution < -0.4 is 15.6 Å². The monoisotopic (exact) mass is 540 g/mol. The number of carbonyl (C=O) groups is 2. The first kappa shape index (κ1) is 27.5. The number of esters is 2. The summed E-state index contributed by atoms with van der Waals surface area (Å²) in [4.78, 5) is 51.8. The van der Waals surface area contributed by atoms with Crippen molar-refractivity contribution in [2.24, 2.45) is 0 Å². The van der Waals surface area contributed by atoms with Crippen LogP contribution in [0.4, 0.5) is 5.69 Å². The van der Waals surface area contributed by atoms with Gasteiger partial charge in [-0.3, -0.25) is 14.9 Å². The molecule has 0 saturated carbocycles. The standard InChI is InChI=1S/C29H24N4O7/c1-15-23(13-20(14-30)27(34)32-15)18-8-10-22(11-9-18)40-29(36)25-17(3)31-16(2)24(28(35)39-4)26(25)19-6-5-7-21(12-19)33(37)38/h5-13,26,31H,1-4H3,(H,32,34). The predicted octanol–water partition coefficient (Wildman–Crippen LogP) is 4.14. The lowest BCUT2D eigenvalue weighted by Gasteiger charge is -2.30. The Balaban J connectivity index is 1.71. The number of methoxy groups -OCH3 is 1. The first-order valence-electron chi connectivity index (χ1n) is 12.0. The van der Waals surface area contributed by atoms with E-state index in [0.29, 0.717) is 33.8 Å². The minimum Gasteiger partial charge on any atom is -0.466 e. The van der Waals surface area contributed by atoms with Gasteiger partial charge in [0.1, 0.15) is 17.4 Å². The zero-order chi connectivity index (χ0) is 29.1. The number of non-ortho nitro benzene ring substituents is 1. The molecule has 202 valence electrons. The number of hydrogen-bond donors (Lipinski definition) is 2. The number of H-pyrrole nitrogens is 1. The summed E-state index contributed by atoms with van der Waals surface area (Å²) in [6.45, 7) is 5.00. The van der Waals surface area contributed by atoms with Crippen LogP contribution in [-0.4, -0.2) is 29.0 Å². The summed E-state index contributed by atoms with van der Waals surface area (Å²) in [5.74, 6) is -2.26. The lowest BCUT2D eigenvalue weighted by Crippen LogP contribution is -2.33. The molecule has 1 aliphatic heterocycles. The maximum atomic E-state index is 13.6. The molecule has 0 bridgehead atoms. The van der Waals surface area contributed by atoms with E-state index in [1.54, 1.807) is 51.1 Å². The Labute approximate surface area is 228 Å². The number of nitro benzene ring substituents is 1. The molecule has 2 heterocycles. The number of ether oxygens (including phenoxy) is 2. The average molecular weight is 541 g/mol. The second-order valence-corrected chi connectivity index (χ2v) is 9.06. The maximum Gasteiger partial charge on any atom is 0.342 e. The van der Waals surface area contributed by atoms with E-state index in [4.69, 9.17) is 9.47 Å². The molecule has 0 fully saturated rings. The fourth-order valence-electron chi connectivity index (χ4n) is 4.67. The van der Waals surface area contributed by atoms with Crippen LogP contribution in [0.2, 0.25) is 0 Å². The predicted molar refractivity (Wildman–Crippen MR) is 144 cm³/mol. The number of dihydropyridines is 1. The fourth-order valence-corrected chi connectivity index (χ4v) is 4.67. The van der Waals surface area contributed by atoms with Gasteiger partial charge in [0.25, 0.3) is 11.2 Å². The number of pyridine rings is 1. The molecule has 2 aromatic carbocycles. The first-order chi connectivity index (χ1) is 19.0. The van der Waals surface area contributed by atoms with Crippen molar-refractivity contribution in [2.45, 2.75) is 26.7 Å². The van der Waals surface area contributed by atoms with Crippen molar-refractivity contribution < 1.29 is 24.0 Å². The topological polar surface area (TPSA) is 164 Å². The van der Waals surface area contributed by atoms with Gasteiger partial charge in [0.2, 0.25) is 0 Å². The number of nitrogens with zero attached hydrogens (tertiary/aromatic N) is 2. The SMILES string of the molecule is COC(=O)C1=C(C)NC(C)=C(C(=O)Oc2ccc(-c3cc(C#N)c(=O)[nH]c3C)cc2)C1c1cccc([N+](=O)[O-])c1. The van der Waals surface area contributed by atoms with Gasteiger partial charge < -0.3 is 19.8 Å². The van der Waals surface area contributed by atoms with Crippen molar-refractivity contribution in [2.75, 3.05) is 7.11 Å². The van der Waals surface area contributed by atoms with Crippen LogP contribution in [0.5, 0.6) is 5.75 Å². The van der Waals surface area contributed by atoms with Crippen LogP contribution >= 0.6 is 0 Å². The molecule has 4 rings (SSSR count). The Morgan fingerprint density at radius 1 is 1.00 bits per heavy atom. The van der Waals surface area contributed by atoms with Gasteiger partial charge in [-0.25, -0.2) is 9.59 Å². The number of benzene rings is 2. The van der Waals surface area contributed by atoms with E-state index in [2.05, 4.69) is 10.3 Å². The number of hydrogen-bond acceptors (Lipinski definition) is 9. The molecule has 1 unspecified atom stereocenters. The second kappa shape index (κ2) is 11.1. The zero-order valence-corrected chi connectivity index (χ0v) is 22.0. The van der Waals surface area contributed by atoms with Gasteiger partial charge in [0, 0.05) is 34.8 Å². The summed E-state index contributed by atoms with van der Waals surface area (Å²) in [5.41, 5.74) is 2.59. The molecule has 0 aliphatic carbocycles. The van der Waals surface area contributed by atoms with Crippen molar-refractivity contribution in [3.05, 3.63) is 114 Å². The van der Waals surface area contributed by atoms with Gasteiger partial charge in [-0.15, -0.1) is 0 Å². The quantitative estimate of drug-likeness (QED) is 0.202. The first-order valence-corrected chi connectivity index (χ1v) is 12.0. The number of aryl methyl sites for hydroxylation is 1. The molecule has 1 atom stereocenters. The highest BCUT2D eigenvalue weighted by atomic mass is 16.6. The van der Waals surface area contributed by atoms with Crippen LogP contribution in [0.1, 0.15) is 36.6 Å². The van der Waals surface area contributed by atoms with Gasteiger partial charge in [-0.2, -0.15) is 5.26 Å². The highest BCUT2D eigenvalue weighted by Crippen LogP contribution is 2.40. The summed E-state index contributed by atoms with van der Waals surface area (Å²) >= 11 is 0. The van der Waals surface area contributed by atoms with Gasteiger partial charge in [0.15, 0.2) is 0 Å². The number of aromatic nitrogens is 1. The number of carbonyl (C=O) groups excluding carboxylic acids is 2. The largest absolute Gasteiger partial charge is 0.466 e. The Bertz CT molecular complexity index is 1710. The molecule has 0 amide bonds. The molecule has 0 saturated heterocycles. The van der Waals surface area contributed by atoms with Crippen molar-refractivity contribution in [3.8, 4) is 22.9 Å². The van der Waals surface area contributed by atoms with E-state index in [9.17, 15) is 29.8 Å². The smallest absolute Gasteiger partial charge is 0.342 e. The minimum absolute atomic E-state index is 0.0275. The summed E-state index contributed by atoms with van der Waals surface area (Å²) in [5, 5.41) is 23.7. The summed E-state index contributed by atoms with van der Waals surface area (Å²) in [6, 6.07) is 15.5. The van der Waals surface area contributed by atoms with E-state index >= 15 is 0 Å². The molecule has 40 heavy (non-hydrogen) atoms. The van der Waals surface area contributed by atoms with Crippen LogP contribution in [0.15, 0.2) is 81.9 Å². The van der Waals surface area contributed by atoms with Crippen molar-refractivity contribution >= 4 is 17.6 Å². The molecule has 1 aromatic heterocycles. The van der Waals surface area contributed by atoms with Gasteiger partial charge >= 0.3 is 11.9 Å². The molecule has 0 radical (unpaired) electrons. The maximum absolute atomic E-state index is 13.6. The second-order valence-electron chi connectivity index (χ2n) is 9.06. The highest BCUT2D eigenvalue weighted by Gasteiger charge is 2.38. The number of rotatable bonds is 6. The Morgan fingerprint density at radius 2 is 1.65 bits per heavy atom. The molecule has 11 heteroatoms. The van der Waals surface area contributed by atoms with E-state index in [-0.39, 0.29) is 28.1 Å². The number of nitro groups is 1. The van der Waals surface area contributed by atoms with E-state index in [1.165, 1.54) is 31.4 Å². The van der Waals surface area contributed by atoms with Crippen LogP contribution in [0, 0.1) is 28.4 Å². The Kier molecular flexibility index (Phi) is 7.63. The number of allylic oxidation sites excluding steroid dienone is 2. The molecular formula is C29H24N4O7. The normalized spacial score (nSPS) is 14.7. The van der Waals surface area contributed by atoms with Gasteiger partial charge in [0.05, 0.1) is 29.1 Å². The van der Waals surface area contributed by atoms with E-state index in [1.807, 2.05) is 6.07 Å². The third kappa shape index (κ3) is 5.23. The molecule has 11 nitrogen and oxygen atoms in total. The third-order valence-electron chi connectivity index (χ3n) is 6.53. The number of aromatic amines is 1. The van der Waals surface area contributed by atoms with Crippen LogP contribution in [0.25, 0.3) is 11.1 Å². The van der Waals surface area contributed by atoms with Crippen LogP contribution in [-0.2, 0) is 14.3 Å². The lowest BCUT2D eigenvalue weighted by atomic mass is 9.80. The minimum atomic E-state index is -0.992. The lowest BCUT2D eigenvalue weighted by molar-refractivity contribution is -0.384. The zero-order valence-electron chi connectivity index (χ0n) is 22.0. The molecule has 0 spiro atoms. The molecule has 2 N–H and O–H groups in total. The van der Waals surface area contributed by atoms with Gasteiger partial charge in [-0.1, -0.05) is 24.3 Å². The third-order valence-corrected chi connectivity index (χ3v) is 6.53. The number of nitrogens with one attached hydrogen (secondary N) is 2. The van der Waals surface area contributed by atoms with E-state index < -0.39 is 28.3 Å². The van der Waals surface area contributed by atoms with Gasteiger partial charge in [-0.05, 0) is 50.1 Å². The molecule has 1 aliphatic rings. The number of nitriles is 1. The van der Waals surface area contributed by atoms with E-state index in [0.717, 1.165) is 0 Å². The molecule has 3 aromatic rings. The Hall–Kier alpha value is -5.50. The highest BCUT2D eigenvalue weighted by molar-refractivity contribution is 6.00. The van der Waals surface area contributed by atoms with Crippen molar-refractivity contribution in [1.82, 2.24) is 10.3 Å². The Morgan fingerprint density at radius 3 is 2.25 bits per heavy atom.